The summed E-state index contributed by atoms with van der Waals surface area (Å²) in [5.74, 6) is 2.87. The second-order valence-corrected chi connectivity index (χ2v) is 7.66. The van der Waals surface area contributed by atoms with E-state index < -0.39 is 0 Å². The van der Waals surface area contributed by atoms with Gasteiger partial charge in [0.25, 0.3) is 5.56 Å². The molecule has 2 aromatic rings. The minimum Gasteiger partial charge on any atom is -0.342 e. The fourth-order valence-corrected chi connectivity index (χ4v) is 4.39. The lowest BCUT2D eigenvalue weighted by atomic mass is 10.1. The molecule has 4 rings (SSSR count). The number of anilines is 1. The number of hydrogen-bond acceptors (Lipinski definition) is 5. The maximum absolute atomic E-state index is 13.0. The molecule has 2 aromatic heterocycles. The summed E-state index contributed by atoms with van der Waals surface area (Å²) in [6, 6.07) is 0.299. The lowest BCUT2D eigenvalue weighted by molar-refractivity contribution is 0.536. The Morgan fingerprint density at radius 3 is 2.46 bits per heavy atom. The number of rotatable bonds is 3. The van der Waals surface area contributed by atoms with Crippen LogP contribution >= 0.6 is 11.8 Å². The Balaban J connectivity index is 2.02. The minimum absolute atomic E-state index is 0.205. The lowest BCUT2D eigenvalue weighted by Gasteiger charge is -2.33. The van der Waals surface area contributed by atoms with E-state index in [9.17, 15) is 9.59 Å². The van der Waals surface area contributed by atoms with Gasteiger partial charge in [-0.3, -0.25) is 18.5 Å². The molecule has 0 N–H and O–H groups in total. The molecule has 2 aliphatic heterocycles. The van der Waals surface area contributed by atoms with Crippen LogP contribution in [0, 0.1) is 0 Å². The summed E-state index contributed by atoms with van der Waals surface area (Å²) in [5.41, 5.74) is 0.619. The van der Waals surface area contributed by atoms with Crippen molar-refractivity contribution in [3.8, 4) is 0 Å². The van der Waals surface area contributed by atoms with Crippen molar-refractivity contribution in [3.05, 3.63) is 20.8 Å². The Morgan fingerprint density at radius 2 is 1.88 bits per heavy atom. The van der Waals surface area contributed by atoms with Crippen molar-refractivity contribution < 1.29 is 0 Å². The molecular weight excluding hydrogens is 326 g/mol. The molecule has 2 fully saturated rings. The van der Waals surface area contributed by atoms with Gasteiger partial charge < -0.3 is 4.90 Å². The number of hydrogen-bond donors (Lipinski definition) is 0. The smallest absolute Gasteiger partial charge is 0.332 e. The third-order valence-electron chi connectivity index (χ3n) is 5.10. The van der Waals surface area contributed by atoms with E-state index in [0.29, 0.717) is 23.8 Å². The first-order chi connectivity index (χ1) is 11.6. The van der Waals surface area contributed by atoms with Crippen LogP contribution in [0.5, 0.6) is 0 Å². The quantitative estimate of drug-likeness (QED) is 0.833. The number of aryl methyl sites for hydroxylation is 1. The van der Waals surface area contributed by atoms with Gasteiger partial charge in [-0.05, 0) is 26.2 Å². The molecule has 0 radical (unpaired) electrons. The van der Waals surface area contributed by atoms with E-state index in [4.69, 9.17) is 4.98 Å². The number of nitrogens with zero attached hydrogens (tertiary/aromatic N) is 5. The van der Waals surface area contributed by atoms with Crippen LogP contribution < -0.4 is 16.1 Å². The van der Waals surface area contributed by atoms with Gasteiger partial charge in [0.1, 0.15) is 0 Å². The van der Waals surface area contributed by atoms with Gasteiger partial charge in [-0.2, -0.15) is 16.7 Å². The molecular formula is C16H23N5O2S. The summed E-state index contributed by atoms with van der Waals surface area (Å²) in [5, 5.41) is 0. The maximum Gasteiger partial charge on any atom is 0.332 e. The largest absolute Gasteiger partial charge is 0.342 e. The van der Waals surface area contributed by atoms with E-state index >= 15 is 0 Å². The van der Waals surface area contributed by atoms with Crippen LogP contribution in [-0.2, 0) is 13.6 Å². The van der Waals surface area contributed by atoms with Gasteiger partial charge in [0, 0.05) is 38.2 Å². The fraction of sp³-hybridized carbons (Fsp3) is 0.688. The maximum atomic E-state index is 13.0. The molecule has 0 amide bonds. The van der Waals surface area contributed by atoms with Crippen molar-refractivity contribution in [1.29, 1.82) is 0 Å². The summed E-state index contributed by atoms with van der Waals surface area (Å²) in [6.07, 6.45) is 3.55. The van der Waals surface area contributed by atoms with Crippen LogP contribution in [0.15, 0.2) is 9.59 Å². The highest BCUT2D eigenvalue weighted by molar-refractivity contribution is 8.00. The molecule has 2 saturated heterocycles. The van der Waals surface area contributed by atoms with E-state index in [0.717, 1.165) is 43.4 Å². The van der Waals surface area contributed by atoms with Gasteiger partial charge in [0.2, 0.25) is 5.95 Å². The Kier molecular flexibility index (Phi) is 3.94. The molecule has 0 spiro atoms. The van der Waals surface area contributed by atoms with E-state index in [2.05, 4.69) is 9.47 Å². The van der Waals surface area contributed by atoms with Crippen molar-refractivity contribution >= 4 is 28.9 Å². The fourth-order valence-electron chi connectivity index (χ4n) is 3.64. The predicted octanol–water partition coefficient (Wildman–Crippen LogP) is 1.19. The van der Waals surface area contributed by atoms with Gasteiger partial charge in [-0.25, -0.2) is 4.79 Å². The van der Waals surface area contributed by atoms with Crippen LogP contribution in [0.1, 0.15) is 32.2 Å². The summed E-state index contributed by atoms with van der Waals surface area (Å²) in [7, 11) is 1.71. The molecule has 8 heteroatoms. The third kappa shape index (κ3) is 2.22. The van der Waals surface area contributed by atoms with E-state index in [1.807, 2.05) is 18.7 Å². The summed E-state index contributed by atoms with van der Waals surface area (Å²) in [4.78, 5) is 32.5. The van der Waals surface area contributed by atoms with Crippen LogP contribution in [0.2, 0.25) is 0 Å². The highest BCUT2D eigenvalue weighted by Crippen LogP contribution is 2.35. The standard InChI is InChI=1S/C16H23N5O2S/c1-3-20-14(22)12-13(18(2)16(20)23)17-15(19-7-5-4-6-8-19)21(12)11-9-24-10-11/h11H,3-10H2,1-2H3. The number of imidazole rings is 1. The molecule has 24 heavy (non-hydrogen) atoms. The molecule has 2 aliphatic rings. The normalized spacial score (nSPS) is 19.0. The Bertz CT molecular complexity index is 886. The molecule has 0 unspecified atom stereocenters. The van der Waals surface area contributed by atoms with Crippen LogP contribution in [-0.4, -0.2) is 43.3 Å². The highest BCUT2D eigenvalue weighted by Gasteiger charge is 2.31. The van der Waals surface area contributed by atoms with Gasteiger partial charge in [0.05, 0.1) is 6.04 Å². The average molecular weight is 349 g/mol. The van der Waals surface area contributed by atoms with E-state index in [1.165, 1.54) is 15.6 Å². The molecule has 0 saturated carbocycles. The molecule has 0 aromatic carbocycles. The van der Waals surface area contributed by atoms with Crippen LogP contribution in [0.3, 0.4) is 0 Å². The molecule has 0 atom stereocenters. The molecule has 4 heterocycles. The first-order valence-corrected chi connectivity index (χ1v) is 9.83. The molecule has 7 nitrogen and oxygen atoms in total. The zero-order chi connectivity index (χ0) is 16.8. The van der Waals surface area contributed by atoms with Crippen molar-refractivity contribution in [1.82, 2.24) is 18.7 Å². The van der Waals surface area contributed by atoms with Gasteiger partial charge >= 0.3 is 5.69 Å². The SMILES string of the molecule is CCn1c(=O)c2c(nc(N3CCCCC3)n2C2CSC2)n(C)c1=O. The molecule has 0 bridgehead atoms. The van der Waals surface area contributed by atoms with Crippen molar-refractivity contribution in [2.24, 2.45) is 7.05 Å². The van der Waals surface area contributed by atoms with Crippen molar-refractivity contribution in [2.45, 2.75) is 38.8 Å². The Morgan fingerprint density at radius 1 is 1.17 bits per heavy atom. The zero-order valence-electron chi connectivity index (χ0n) is 14.2. The van der Waals surface area contributed by atoms with Gasteiger partial charge in [0.15, 0.2) is 11.2 Å². The Hall–Kier alpha value is -1.70. The second kappa shape index (κ2) is 5.98. The van der Waals surface area contributed by atoms with Crippen molar-refractivity contribution in [2.75, 3.05) is 29.5 Å². The lowest BCUT2D eigenvalue weighted by Crippen LogP contribution is -2.40. The molecule has 130 valence electrons. The third-order valence-corrected chi connectivity index (χ3v) is 6.34. The summed E-state index contributed by atoms with van der Waals surface area (Å²) < 4.78 is 4.95. The minimum atomic E-state index is -0.284. The van der Waals surface area contributed by atoms with Gasteiger partial charge in [-0.1, -0.05) is 0 Å². The zero-order valence-corrected chi connectivity index (χ0v) is 15.0. The second-order valence-electron chi connectivity index (χ2n) is 6.58. The Labute approximate surface area is 144 Å². The monoisotopic (exact) mass is 349 g/mol. The molecule has 0 aliphatic carbocycles. The summed E-state index contributed by atoms with van der Waals surface area (Å²) >= 11 is 1.89. The topological polar surface area (TPSA) is 65.1 Å². The number of thioether (sulfide) groups is 1. The number of aromatic nitrogens is 4. The van der Waals surface area contributed by atoms with E-state index in [1.54, 1.807) is 7.05 Å². The average Bonchev–Trinajstić information content (AvgIpc) is 2.93. The van der Waals surface area contributed by atoms with Crippen LogP contribution in [0.4, 0.5) is 5.95 Å². The number of piperidine rings is 1. The predicted molar refractivity (Wildman–Crippen MR) is 97.3 cm³/mol. The van der Waals surface area contributed by atoms with Crippen LogP contribution in [0.25, 0.3) is 11.2 Å². The first kappa shape index (κ1) is 15.8. The van der Waals surface area contributed by atoms with Gasteiger partial charge in [-0.15, -0.1) is 0 Å². The highest BCUT2D eigenvalue weighted by atomic mass is 32.2. The van der Waals surface area contributed by atoms with E-state index in [-0.39, 0.29) is 11.2 Å². The first-order valence-electron chi connectivity index (χ1n) is 8.68. The number of fused-ring (bicyclic) bond motifs is 1. The summed E-state index contributed by atoms with van der Waals surface area (Å²) in [6.45, 7) is 4.16. The van der Waals surface area contributed by atoms with Crippen molar-refractivity contribution in [3.63, 3.8) is 0 Å².